The molecule has 0 atom stereocenters. The summed E-state index contributed by atoms with van der Waals surface area (Å²) in [5.74, 6) is -9.54. The average molecular weight is 525 g/mol. The van der Waals surface area contributed by atoms with Crippen molar-refractivity contribution in [2.45, 2.75) is 20.3 Å². The van der Waals surface area contributed by atoms with E-state index in [4.69, 9.17) is 12.2 Å². The first-order chi connectivity index (χ1) is 16.7. The molecular formula is C21H16F4N6O2S2. The molecule has 0 saturated heterocycles. The fraction of sp³-hybridized carbons (Fsp3) is 0.190. The Balaban J connectivity index is 1.57. The minimum absolute atomic E-state index is 0.350. The zero-order valence-corrected chi connectivity index (χ0v) is 20.0. The van der Waals surface area contributed by atoms with Crippen molar-refractivity contribution in [2.75, 3.05) is 12.4 Å². The van der Waals surface area contributed by atoms with Crippen LogP contribution in [0.4, 0.5) is 23.2 Å². The molecule has 4 rings (SSSR count). The molecule has 14 heteroatoms. The van der Waals surface area contributed by atoms with E-state index in [0.717, 1.165) is 12.7 Å². The van der Waals surface area contributed by atoms with Gasteiger partial charge in [0.15, 0.2) is 28.3 Å². The molecule has 2 N–H and O–H groups in total. The first-order valence-corrected chi connectivity index (χ1v) is 11.2. The van der Waals surface area contributed by atoms with Crippen LogP contribution in [0.15, 0.2) is 18.2 Å². The van der Waals surface area contributed by atoms with E-state index < -0.39 is 40.5 Å². The summed E-state index contributed by atoms with van der Waals surface area (Å²) in [4.78, 5) is 13.0. The predicted octanol–water partition coefficient (Wildman–Crippen LogP) is 4.42. The molecule has 0 unspecified atom stereocenters. The van der Waals surface area contributed by atoms with Crippen LogP contribution in [0.1, 0.15) is 28.7 Å². The van der Waals surface area contributed by atoms with Crippen LogP contribution < -0.4 is 15.4 Å². The summed E-state index contributed by atoms with van der Waals surface area (Å²) in [7, 11) is 0.832. The maximum absolute atomic E-state index is 14.2. The van der Waals surface area contributed by atoms with Crippen molar-refractivity contribution in [3.8, 4) is 16.3 Å². The Morgan fingerprint density at radius 3 is 2.46 bits per heavy atom. The minimum atomic E-state index is -1.91. The number of ether oxygens (including phenoxy) is 1. The fourth-order valence-electron chi connectivity index (χ4n) is 3.19. The number of aryl methyl sites for hydroxylation is 2. The number of halogens is 4. The van der Waals surface area contributed by atoms with Crippen molar-refractivity contribution in [3.05, 3.63) is 58.4 Å². The summed E-state index contributed by atoms with van der Waals surface area (Å²) in [5.41, 5.74) is 0.423. The Kier molecular flexibility index (Phi) is 6.67. The molecule has 0 spiro atoms. The Bertz CT molecular complexity index is 1460. The van der Waals surface area contributed by atoms with Crippen LogP contribution in [0.5, 0.6) is 5.75 Å². The highest BCUT2D eigenvalue weighted by molar-refractivity contribution is 7.80. The van der Waals surface area contributed by atoms with Crippen LogP contribution in [0.25, 0.3) is 15.5 Å². The number of rotatable bonds is 5. The van der Waals surface area contributed by atoms with E-state index in [2.05, 4.69) is 25.3 Å². The quantitative estimate of drug-likeness (QED) is 0.227. The summed E-state index contributed by atoms with van der Waals surface area (Å²) < 4.78 is 62.3. The molecule has 0 fully saturated rings. The molecule has 35 heavy (non-hydrogen) atoms. The van der Waals surface area contributed by atoms with Crippen LogP contribution >= 0.6 is 23.6 Å². The molecule has 182 valence electrons. The number of hydrogen-bond donors (Lipinski definition) is 2. The van der Waals surface area contributed by atoms with Crippen molar-refractivity contribution in [3.63, 3.8) is 0 Å². The number of fused-ring (bicyclic) bond motifs is 1. The second-order valence-electron chi connectivity index (χ2n) is 7.17. The van der Waals surface area contributed by atoms with E-state index in [1.54, 1.807) is 23.6 Å². The summed E-state index contributed by atoms with van der Waals surface area (Å²) in [6.07, 6.45) is 0.655. The zero-order valence-electron chi connectivity index (χ0n) is 18.4. The number of thiocarbonyl (C=S) groups is 1. The van der Waals surface area contributed by atoms with Gasteiger partial charge < -0.3 is 10.1 Å². The van der Waals surface area contributed by atoms with Gasteiger partial charge in [-0.2, -0.15) is 18.4 Å². The molecule has 0 saturated carbocycles. The Hall–Kier alpha value is -3.65. The smallest absolute Gasteiger partial charge is 0.263 e. The summed E-state index contributed by atoms with van der Waals surface area (Å²) in [5, 5.41) is 17.7. The van der Waals surface area contributed by atoms with E-state index in [-0.39, 0.29) is 5.11 Å². The largest absolute Gasteiger partial charge is 0.491 e. The standard InChI is InChI=1S/C21H16F4N6O2S2/c1-4-11-28-29-21-31(11)30-19(35-21)9-6-5-8(2)10(7-9)26-20(34)27-18(32)12-13(22)15(24)17(33-3)16(25)14(12)23/h5-7H,4H2,1-3H3,(H2,26,27,32,34). The van der Waals surface area contributed by atoms with E-state index in [1.165, 1.54) is 11.3 Å². The molecule has 0 bridgehead atoms. The number of amides is 1. The van der Waals surface area contributed by atoms with Crippen molar-refractivity contribution in [1.82, 2.24) is 25.1 Å². The van der Waals surface area contributed by atoms with Crippen LogP contribution in [0.3, 0.4) is 0 Å². The van der Waals surface area contributed by atoms with E-state index >= 15 is 0 Å². The molecule has 4 aromatic rings. The monoisotopic (exact) mass is 524 g/mol. The SMILES string of the molecule is CCc1nnc2sc(-c3ccc(C)c(NC(=S)NC(=O)c4c(F)c(F)c(OC)c(F)c4F)c3)nn12. The predicted molar refractivity (Wildman–Crippen MR) is 125 cm³/mol. The normalized spacial score (nSPS) is 11.1. The minimum Gasteiger partial charge on any atom is -0.491 e. The molecule has 1 amide bonds. The number of benzene rings is 2. The lowest BCUT2D eigenvalue weighted by Gasteiger charge is -2.14. The number of anilines is 1. The summed E-state index contributed by atoms with van der Waals surface area (Å²) in [6, 6.07) is 5.31. The van der Waals surface area contributed by atoms with Gasteiger partial charge in [-0.25, -0.2) is 8.78 Å². The van der Waals surface area contributed by atoms with Gasteiger partial charge in [-0.1, -0.05) is 30.4 Å². The number of nitrogens with one attached hydrogen (secondary N) is 2. The van der Waals surface area contributed by atoms with Crippen LogP contribution in [-0.2, 0) is 6.42 Å². The number of carbonyl (C=O) groups excluding carboxylic acids is 1. The van der Waals surface area contributed by atoms with Crippen molar-refractivity contribution < 1.29 is 27.1 Å². The van der Waals surface area contributed by atoms with Crippen LogP contribution in [0, 0.1) is 30.2 Å². The number of hydrogen-bond acceptors (Lipinski definition) is 7. The number of aromatic nitrogens is 4. The third-order valence-corrected chi connectivity index (χ3v) is 6.14. The van der Waals surface area contributed by atoms with E-state index in [1.807, 2.05) is 18.3 Å². The van der Waals surface area contributed by atoms with Gasteiger partial charge >= 0.3 is 0 Å². The maximum Gasteiger partial charge on any atom is 0.263 e. The number of nitrogens with zero attached hydrogens (tertiary/aromatic N) is 4. The lowest BCUT2D eigenvalue weighted by molar-refractivity contribution is 0.0966. The second-order valence-corrected chi connectivity index (χ2v) is 8.54. The highest BCUT2D eigenvalue weighted by atomic mass is 32.1. The van der Waals surface area contributed by atoms with Crippen LogP contribution in [-0.4, -0.2) is 37.9 Å². The van der Waals surface area contributed by atoms with Gasteiger partial charge in [0.1, 0.15) is 10.6 Å². The van der Waals surface area contributed by atoms with Crippen molar-refractivity contribution in [2.24, 2.45) is 0 Å². The fourth-order valence-corrected chi connectivity index (χ4v) is 4.25. The van der Waals surface area contributed by atoms with Gasteiger partial charge in [0, 0.05) is 17.7 Å². The highest BCUT2D eigenvalue weighted by Crippen LogP contribution is 2.31. The van der Waals surface area contributed by atoms with Gasteiger partial charge in [-0.15, -0.1) is 10.2 Å². The molecule has 2 heterocycles. The molecule has 0 aliphatic heterocycles. The first-order valence-electron chi connectivity index (χ1n) is 10.0. The maximum atomic E-state index is 14.2. The van der Waals surface area contributed by atoms with Gasteiger partial charge in [0.05, 0.1) is 7.11 Å². The Morgan fingerprint density at radius 2 is 1.83 bits per heavy atom. The zero-order chi connectivity index (χ0) is 25.4. The Morgan fingerprint density at radius 1 is 1.14 bits per heavy atom. The number of methoxy groups -OCH3 is 1. The molecule has 0 aliphatic carbocycles. The van der Waals surface area contributed by atoms with Gasteiger partial charge in [-0.05, 0) is 30.8 Å². The van der Waals surface area contributed by atoms with Crippen molar-refractivity contribution in [1.29, 1.82) is 0 Å². The molecule has 2 aromatic heterocycles. The third-order valence-electron chi connectivity index (χ3n) is 4.99. The summed E-state index contributed by atoms with van der Waals surface area (Å²) >= 11 is 6.39. The average Bonchev–Trinajstić information content (AvgIpc) is 3.40. The molecule has 0 radical (unpaired) electrons. The van der Waals surface area contributed by atoms with Gasteiger partial charge in [-0.3, -0.25) is 10.1 Å². The summed E-state index contributed by atoms with van der Waals surface area (Å²) in [6.45, 7) is 3.70. The molecule has 0 aliphatic rings. The van der Waals surface area contributed by atoms with E-state index in [0.29, 0.717) is 33.5 Å². The molecular weight excluding hydrogens is 508 g/mol. The van der Waals surface area contributed by atoms with Crippen molar-refractivity contribution >= 4 is 45.2 Å². The highest BCUT2D eigenvalue weighted by Gasteiger charge is 2.30. The lowest BCUT2D eigenvalue weighted by atomic mass is 10.1. The first kappa shape index (κ1) is 24.5. The van der Waals surface area contributed by atoms with E-state index in [9.17, 15) is 22.4 Å². The Labute approximate surface area is 204 Å². The third kappa shape index (κ3) is 4.41. The topological polar surface area (TPSA) is 93.4 Å². The second kappa shape index (κ2) is 9.54. The van der Waals surface area contributed by atoms with Gasteiger partial charge in [0.2, 0.25) is 16.6 Å². The molecule has 2 aromatic carbocycles. The van der Waals surface area contributed by atoms with Crippen LogP contribution in [0.2, 0.25) is 0 Å². The number of carbonyl (C=O) groups is 1. The van der Waals surface area contributed by atoms with Gasteiger partial charge in [0.25, 0.3) is 5.91 Å². The molecule has 8 nitrogen and oxygen atoms in total. The lowest BCUT2D eigenvalue weighted by Crippen LogP contribution is -2.35.